The minimum absolute atomic E-state index is 0.0599. The first kappa shape index (κ1) is 16.7. The van der Waals surface area contributed by atoms with Gasteiger partial charge in [0.25, 0.3) is 5.91 Å². The van der Waals surface area contributed by atoms with Gasteiger partial charge in [0.1, 0.15) is 6.10 Å². The number of nitrogens with zero attached hydrogens (tertiary/aromatic N) is 1. The molecule has 1 saturated heterocycles. The van der Waals surface area contributed by atoms with Crippen LogP contribution in [0, 0.1) is 0 Å². The molecule has 1 amide bonds. The lowest BCUT2D eigenvalue weighted by atomic mass is 10.0. The number of anilines is 1. The van der Waals surface area contributed by atoms with Crippen LogP contribution in [0.5, 0.6) is 0 Å². The molecule has 0 radical (unpaired) electrons. The summed E-state index contributed by atoms with van der Waals surface area (Å²) in [4.78, 5) is 26.6. The van der Waals surface area contributed by atoms with Gasteiger partial charge in [-0.1, -0.05) is 29.3 Å². The zero-order chi connectivity index (χ0) is 16.4. The fourth-order valence-corrected chi connectivity index (χ4v) is 4.02. The maximum absolute atomic E-state index is 12.5. The van der Waals surface area contributed by atoms with Crippen molar-refractivity contribution in [2.45, 2.75) is 50.0 Å². The molecule has 0 N–H and O–H groups in total. The SMILES string of the molecule is CCCC(Br)C(=O)c1ccc2c(c1)CCN2C(=O)C1CCCO1. The van der Waals surface area contributed by atoms with Gasteiger partial charge in [0.05, 0.1) is 4.83 Å². The molecule has 23 heavy (non-hydrogen) atoms. The van der Waals surface area contributed by atoms with Crippen molar-refractivity contribution in [3.8, 4) is 0 Å². The molecule has 2 unspecified atom stereocenters. The van der Waals surface area contributed by atoms with Crippen LogP contribution in [-0.4, -0.2) is 35.8 Å². The summed E-state index contributed by atoms with van der Waals surface area (Å²) >= 11 is 3.47. The Kier molecular flexibility index (Phi) is 5.17. The molecule has 3 rings (SSSR count). The summed E-state index contributed by atoms with van der Waals surface area (Å²) in [5.41, 5.74) is 2.74. The zero-order valence-corrected chi connectivity index (χ0v) is 15.0. The highest BCUT2D eigenvalue weighted by Crippen LogP contribution is 2.31. The summed E-state index contributed by atoms with van der Waals surface area (Å²) in [6.45, 7) is 3.42. The smallest absolute Gasteiger partial charge is 0.256 e. The Balaban J connectivity index is 1.77. The third kappa shape index (κ3) is 3.36. The van der Waals surface area contributed by atoms with E-state index in [0.29, 0.717) is 13.2 Å². The normalized spacial score (nSPS) is 21.3. The number of carbonyl (C=O) groups is 2. The van der Waals surface area contributed by atoms with Gasteiger partial charge in [-0.05, 0) is 49.4 Å². The van der Waals surface area contributed by atoms with Crippen LogP contribution in [0.1, 0.15) is 48.5 Å². The molecule has 0 saturated carbocycles. The zero-order valence-electron chi connectivity index (χ0n) is 13.4. The second-order valence-corrected chi connectivity index (χ2v) is 7.31. The second kappa shape index (κ2) is 7.14. The lowest BCUT2D eigenvalue weighted by Gasteiger charge is -2.21. The van der Waals surface area contributed by atoms with Crippen LogP contribution in [0.2, 0.25) is 0 Å². The van der Waals surface area contributed by atoms with Crippen molar-refractivity contribution < 1.29 is 14.3 Å². The number of amides is 1. The Morgan fingerprint density at radius 3 is 2.96 bits per heavy atom. The van der Waals surface area contributed by atoms with E-state index >= 15 is 0 Å². The summed E-state index contributed by atoms with van der Waals surface area (Å²) in [6.07, 6.45) is 4.07. The number of hydrogen-bond acceptors (Lipinski definition) is 3. The Labute approximate surface area is 145 Å². The van der Waals surface area contributed by atoms with E-state index in [1.165, 1.54) is 0 Å². The molecule has 2 aliphatic heterocycles. The van der Waals surface area contributed by atoms with Crippen LogP contribution in [0.25, 0.3) is 0 Å². The summed E-state index contributed by atoms with van der Waals surface area (Å²) in [5, 5.41) is 0. The van der Waals surface area contributed by atoms with E-state index in [9.17, 15) is 9.59 Å². The van der Waals surface area contributed by atoms with E-state index in [-0.39, 0.29) is 22.6 Å². The average Bonchev–Trinajstić information content (AvgIpc) is 3.22. The number of carbonyl (C=O) groups excluding carboxylic acids is 2. The third-order valence-electron chi connectivity index (χ3n) is 4.56. The molecular weight excluding hydrogens is 358 g/mol. The Morgan fingerprint density at radius 2 is 2.26 bits per heavy atom. The molecular formula is C18H22BrNO3. The number of Topliss-reactive ketones (excluding diaryl/α,β-unsaturated/α-hetero) is 1. The highest BCUT2D eigenvalue weighted by Gasteiger charge is 2.33. The summed E-state index contributed by atoms with van der Waals surface area (Å²) < 4.78 is 5.51. The maximum atomic E-state index is 12.5. The fraction of sp³-hybridized carbons (Fsp3) is 0.556. The summed E-state index contributed by atoms with van der Waals surface area (Å²) in [6, 6.07) is 5.70. The molecule has 0 spiro atoms. The van der Waals surface area contributed by atoms with Crippen molar-refractivity contribution in [1.82, 2.24) is 0 Å². The van der Waals surface area contributed by atoms with Gasteiger partial charge in [-0.25, -0.2) is 0 Å². The molecule has 1 fully saturated rings. The van der Waals surface area contributed by atoms with E-state index < -0.39 is 0 Å². The van der Waals surface area contributed by atoms with Crippen molar-refractivity contribution in [2.75, 3.05) is 18.1 Å². The van der Waals surface area contributed by atoms with E-state index in [1.807, 2.05) is 23.1 Å². The first-order valence-corrected chi connectivity index (χ1v) is 9.27. The van der Waals surface area contributed by atoms with Crippen LogP contribution in [0.3, 0.4) is 0 Å². The maximum Gasteiger partial charge on any atom is 0.256 e. The number of alkyl halides is 1. The van der Waals surface area contributed by atoms with Crippen LogP contribution in [-0.2, 0) is 16.0 Å². The Morgan fingerprint density at radius 1 is 1.43 bits per heavy atom. The molecule has 2 heterocycles. The number of rotatable bonds is 5. The number of benzene rings is 1. The van der Waals surface area contributed by atoms with Crippen molar-refractivity contribution in [2.24, 2.45) is 0 Å². The monoisotopic (exact) mass is 379 g/mol. The molecule has 5 heteroatoms. The fourth-order valence-electron chi connectivity index (χ4n) is 3.30. The van der Waals surface area contributed by atoms with Gasteiger partial charge in [-0.3, -0.25) is 9.59 Å². The molecule has 4 nitrogen and oxygen atoms in total. The number of fused-ring (bicyclic) bond motifs is 1. The quantitative estimate of drug-likeness (QED) is 0.580. The largest absolute Gasteiger partial charge is 0.368 e. The third-order valence-corrected chi connectivity index (χ3v) is 5.43. The summed E-state index contributed by atoms with van der Waals surface area (Å²) in [5.74, 6) is 0.184. The first-order chi connectivity index (χ1) is 11.1. The van der Waals surface area contributed by atoms with E-state index in [0.717, 1.165) is 48.9 Å². The Hall–Kier alpha value is -1.20. The predicted molar refractivity (Wildman–Crippen MR) is 93.4 cm³/mol. The second-order valence-electron chi connectivity index (χ2n) is 6.21. The topological polar surface area (TPSA) is 46.6 Å². The lowest BCUT2D eigenvalue weighted by Crippen LogP contribution is -2.37. The van der Waals surface area contributed by atoms with Gasteiger partial charge in [0.15, 0.2) is 5.78 Å². The molecule has 124 valence electrons. The van der Waals surface area contributed by atoms with Crippen molar-refractivity contribution >= 4 is 33.3 Å². The number of ether oxygens (including phenoxy) is 1. The first-order valence-electron chi connectivity index (χ1n) is 8.36. The van der Waals surface area contributed by atoms with Crippen LogP contribution in [0.4, 0.5) is 5.69 Å². The van der Waals surface area contributed by atoms with Crippen molar-refractivity contribution in [3.05, 3.63) is 29.3 Å². The predicted octanol–water partition coefficient (Wildman–Crippen LogP) is 3.50. The molecule has 2 atom stereocenters. The standard InChI is InChI=1S/C18H22BrNO3/c1-2-4-14(19)17(21)13-6-7-15-12(11-13)8-9-20(15)18(22)16-5-3-10-23-16/h6-7,11,14,16H,2-5,8-10H2,1H3. The van der Waals surface area contributed by atoms with E-state index in [1.54, 1.807) is 0 Å². The van der Waals surface area contributed by atoms with E-state index in [4.69, 9.17) is 4.74 Å². The van der Waals surface area contributed by atoms with Crippen LogP contribution >= 0.6 is 15.9 Å². The number of halogens is 1. The Bertz CT molecular complexity index is 610. The van der Waals surface area contributed by atoms with Gasteiger partial charge in [0, 0.05) is 24.4 Å². The number of ketones is 1. The van der Waals surface area contributed by atoms with Gasteiger partial charge in [0.2, 0.25) is 0 Å². The van der Waals surface area contributed by atoms with Gasteiger partial charge >= 0.3 is 0 Å². The number of hydrogen-bond donors (Lipinski definition) is 0. The molecule has 1 aromatic carbocycles. The van der Waals surface area contributed by atoms with Crippen LogP contribution < -0.4 is 4.90 Å². The lowest BCUT2D eigenvalue weighted by molar-refractivity contribution is -0.127. The highest BCUT2D eigenvalue weighted by atomic mass is 79.9. The molecule has 0 bridgehead atoms. The van der Waals surface area contributed by atoms with Crippen molar-refractivity contribution in [1.29, 1.82) is 0 Å². The average molecular weight is 380 g/mol. The van der Waals surface area contributed by atoms with Gasteiger partial charge in [-0.2, -0.15) is 0 Å². The van der Waals surface area contributed by atoms with Gasteiger partial charge < -0.3 is 9.64 Å². The van der Waals surface area contributed by atoms with Crippen LogP contribution in [0.15, 0.2) is 18.2 Å². The summed E-state index contributed by atoms with van der Waals surface area (Å²) in [7, 11) is 0. The highest BCUT2D eigenvalue weighted by molar-refractivity contribution is 9.10. The molecule has 2 aliphatic rings. The van der Waals surface area contributed by atoms with E-state index in [2.05, 4.69) is 22.9 Å². The molecule has 0 aromatic heterocycles. The van der Waals surface area contributed by atoms with Gasteiger partial charge in [-0.15, -0.1) is 0 Å². The minimum atomic E-state index is -0.293. The van der Waals surface area contributed by atoms with Crippen molar-refractivity contribution in [3.63, 3.8) is 0 Å². The minimum Gasteiger partial charge on any atom is -0.368 e. The molecule has 0 aliphatic carbocycles. The molecule has 1 aromatic rings.